The van der Waals surface area contributed by atoms with Crippen LogP contribution in [0.25, 0.3) is 0 Å². The van der Waals surface area contributed by atoms with Gasteiger partial charge in [-0.1, -0.05) is 0 Å². The van der Waals surface area contributed by atoms with Crippen molar-refractivity contribution in [3.8, 4) is 0 Å². The largest absolute Gasteiger partial charge is 0.347 e. The minimum Gasteiger partial charge on any atom is -0.347 e. The summed E-state index contributed by atoms with van der Waals surface area (Å²) in [6, 6.07) is 4.65. The smallest absolute Gasteiger partial charge is 0.322 e. The van der Waals surface area contributed by atoms with E-state index >= 15 is 0 Å². The average molecular weight is 417 g/mol. The molecular weight excluding hydrogens is 401 g/mol. The van der Waals surface area contributed by atoms with Crippen LogP contribution in [0.4, 0.5) is 14.9 Å². The highest BCUT2D eigenvalue weighted by atomic mass is 32.1. The van der Waals surface area contributed by atoms with Gasteiger partial charge in [0.15, 0.2) is 5.54 Å². The SMILES string of the molecule is Cc1scnc1C1(CNC(=O)C(=N)/C=N\Nc2ccc(F)cc2)NC(=O)NC1=O. The monoisotopic (exact) mass is 417 g/mol. The molecule has 12 heteroatoms. The molecule has 1 aliphatic rings. The van der Waals surface area contributed by atoms with E-state index in [9.17, 15) is 18.8 Å². The number of urea groups is 1. The van der Waals surface area contributed by atoms with Crippen LogP contribution >= 0.6 is 11.3 Å². The molecule has 1 unspecified atom stereocenters. The van der Waals surface area contributed by atoms with Gasteiger partial charge in [-0.3, -0.25) is 25.7 Å². The Hall–Kier alpha value is -3.67. The molecule has 0 bridgehead atoms. The first kappa shape index (κ1) is 20.1. The molecule has 1 atom stereocenters. The van der Waals surface area contributed by atoms with Crippen LogP contribution in [0, 0.1) is 18.2 Å². The van der Waals surface area contributed by atoms with Gasteiger partial charge >= 0.3 is 6.03 Å². The van der Waals surface area contributed by atoms with Crippen LogP contribution in [0.1, 0.15) is 10.6 Å². The van der Waals surface area contributed by atoms with E-state index in [0.29, 0.717) is 16.3 Å². The number of thiazole rings is 1. The van der Waals surface area contributed by atoms with Crippen molar-refractivity contribution in [1.29, 1.82) is 5.41 Å². The zero-order chi connectivity index (χ0) is 21.0. The van der Waals surface area contributed by atoms with Crippen LogP contribution < -0.4 is 21.4 Å². The summed E-state index contributed by atoms with van der Waals surface area (Å²) in [5.41, 5.74) is 2.84. The van der Waals surface area contributed by atoms with Gasteiger partial charge in [0, 0.05) is 4.88 Å². The van der Waals surface area contributed by atoms with Gasteiger partial charge in [0.25, 0.3) is 11.8 Å². The number of carbonyl (C=O) groups is 3. The Balaban J connectivity index is 1.64. The highest BCUT2D eigenvalue weighted by Gasteiger charge is 2.50. The predicted molar refractivity (Wildman–Crippen MR) is 104 cm³/mol. The number of hydrogen-bond acceptors (Lipinski definition) is 8. The molecule has 10 nitrogen and oxygen atoms in total. The molecule has 1 aromatic carbocycles. The number of carbonyl (C=O) groups excluding carboxylic acids is 3. The number of halogens is 1. The van der Waals surface area contributed by atoms with Gasteiger partial charge in [-0.25, -0.2) is 14.2 Å². The Labute approximate surface area is 168 Å². The van der Waals surface area contributed by atoms with E-state index in [1.807, 2.05) is 0 Å². The Morgan fingerprint density at radius 1 is 1.38 bits per heavy atom. The van der Waals surface area contributed by atoms with Gasteiger partial charge in [-0.05, 0) is 31.2 Å². The Kier molecular flexibility index (Phi) is 5.64. The van der Waals surface area contributed by atoms with Crippen LogP contribution in [0.3, 0.4) is 0 Å². The normalized spacial score (nSPS) is 18.4. The second kappa shape index (κ2) is 8.14. The predicted octanol–water partition coefficient (Wildman–Crippen LogP) is 0.859. The second-order valence-electron chi connectivity index (χ2n) is 6.04. The quantitative estimate of drug-likeness (QED) is 0.257. The number of hydrogen-bond donors (Lipinski definition) is 5. The number of nitrogens with zero attached hydrogens (tertiary/aromatic N) is 2. The fourth-order valence-electron chi connectivity index (χ4n) is 2.64. The van der Waals surface area contributed by atoms with Crippen molar-refractivity contribution in [2.75, 3.05) is 12.0 Å². The van der Waals surface area contributed by atoms with Gasteiger partial charge in [-0.2, -0.15) is 5.10 Å². The first-order chi connectivity index (χ1) is 13.8. The van der Waals surface area contributed by atoms with Crippen molar-refractivity contribution in [1.82, 2.24) is 20.9 Å². The van der Waals surface area contributed by atoms with E-state index in [4.69, 9.17) is 5.41 Å². The van der Waals surface area contributed by atoms with Gasteiger partial charge in [-0.15, -0.1) is 11.3 Å². The van der Waals surface area contributed by atoms with Crippen LogP contribution in [0.2, 0.25) is 0 Å². The van der Waals surface area contributed by atoms with Crippen molar-refractivity contribution in [3.05, 3.63) is 46.2 Å². The first-order valence-corrected chi connectivity index (χ1v) is 9.15. The fourth-order valence-corrected chi connectivity index (χ4v) is 3.30. The van der Waals surface area contributed by atoms with Gasteiger partial charge in [0.1, 0.15) is 11.5 Å². The minimum absolute atomic E-state index is 0.296. The zero-order valence-corrected chi connectivity index (χ0v) is 15.9. The molecule has 0 aliphatic carbocycles. The van der Waals surface area contributed by atoms with E-state index < -0.39 is 34.9 Å². The number of rotatable bonds is 7. The average Bonchev–Trinajstić information content (AvgIpc) is 3.24. The van der Waals surface area contributed by atoms with Crippen LogP contribution in [-0.4, -0.2) is 41.3 Å². The van der Waals surface area contributed by atoms with Crippen molar-refractivity contribution in [2.24, 2.45) is 5.10 Å². The lowest BCUT2D eigenvalue weighted by Crippen LogP contribution is -2.54. The number of anilines is 1. The van der Waals surface area contributed by atoms with Gasteiger partial charge in [0.05, 0.1) is 29.7 Å². The summed E-state index contributed by atoms with van der Waals surface area (Å²) < 4.78 is 12.9. The lowest BCUT2D eigenvalue weighted by atomic mass is 9.94. The molecule has 0 radical (unpaired) electrons. The van der Waals surface area contributed by atoms with E-state index in [1.54, 1.807) is 6.92 Å². The van der Waals surface area contributed by atoms with Gasteiger partial charge in [0.2, 0.25) is 0 Å². The molecule has 1 aliphatic heterocycles. The molecule has 29 heavy (non-hydrogen) atoms. The number of imide groups is 1. The summed E-state index contributed by atoms with van der Waals surface area (Å²) in [7, 11) is 0. The molecular formula is C17H16FN7O3S. The lowest BCUT2D eigenvalue weighted by molar-refractivity contribution is -0.124. The highest BCUT2D eigenvalue weighted by molar-refractivity contribution is 7.09. The molecule has 0 saturated carbocycles. The molecule has 150 valence electrons. The molecule has 1 fully saturated rings. The van der Waals surface area contributed by atoms with E-state index in [1.165, 1.54) is 41.1 Å². The van der Waals surface area contributed by atoms with E-state index in [2.05, 4.69) is 31.5 Å². The fraction of sp³-hybridized carbons (Fsp3) is 0.176. The highest BCUT2D eigenvalue weighted by Crippen LogP contribution is 2.28. The number of amides is 4. The number of hydrazone groups is 1. The molecule has 1 aromatic heterocycles. The maximum Gasteiger partial charge on any atom is 0.322 e. The van der Waals surface area contributed by atoms with Crippen molar-refractivity contribution >= 4 is 46.8 Å². The maximum atomic E-state index is 12.9. The molecule has 2 heterocycles. The molecule has 0 spiro atoms. The number of aryl methyl sites for hydroxylation is 1. The standard InChI is InChI=1S/C17H16FN7O3S/c1-9-13(21-8-29-9)17(15(27)23-16(28)24-17)7-20-14(26)12(19)6-22-25-11-4-2-10(18)3-5-11/h2-6,8,19,25H,7H2,1H3,(H,20,26)(H2,23,24,27,28)/b19-12?,22-6-. The third-order valence-corrected chi connectivity index (χ3v) is 4.84. The van der Waals surface area contributed by atoms with Crippen LogP contribution in [-0.2, 0) is 15.1 Å². The van der Waals surface area contributed by atoms with Crippen molar-refractivity contribution < 1.29 is 18.8 Å². The van der Waals surface area contributed by atoms with E-state index in [0.717, 1.165) is 6.21 Å². The summed E-state index contributed by atoms with van der Waals surface area (Å²) in [5, 5.41) is 18.6. The molecule has 2 aromatic rings. The summed E-state index contributed by atoms with van der Waals surface area (Å²) >= 11 is 1.29. The third-order valence-electron chi connectivity index (χ3n) is 4.08. The lowest BCUT2D eigenvalue weighted by Gasteiger charge is -2.25. The number of aromatic nitrogens is 1. The molecule has 5 N–H and O–H groups in total. The second-order valence-corrected chi connectivity index (χ2v) is 7.10. The molecule has 3 rings (SSSR count). The summed E-state index contributed by atoms with van der Waals surface area (Å²) in [6.07, 6.45) is 0.965. The molecule has 4 amide bonds. The van der Waals surface area contributed by atoms with Crippen molar-refractivity contribution in [3.63, 3.8) is 0 Å². The summed E-state index contributed by atoms with van der Waals surface area (Å²) in [5.74, 6) is -1.86. The Morgan fingerprint density at radius 3 is 2.69 bits per heavy atom. The minimum atomic E-state index is -1.55. The maximum absolute atomic E-state index is 12.9. The Morgan fingerprint density at radius 2 is 2.10 bits per heavy atom. The zero-order valence-electron chi connectivity index (χ0n) is 15.1. The van der Waals surface area contributed by atoms with Crippen LogP contribution in [0.15, 0.2) is 34.9 Å². The van der Waals surface area contributed by atoms with Gasteiger partial charge < -0.3 is 10.6 Å². The summed E-state index contributed by atoms with van der Waals surface area (Å²) in [4.78, 5) is 41.1. The van der Waals surface area contributed by atoms with Crippen molar-refractivity contribution in [2.45, 2.75) is 12.5 Å². The van der Waals surface area contributed by atoms with E-state index in [-0.39, 0.29) is 6.54 Å². The number of nitrogens with one attached hydrogen (secondary N) is 5. The summed E-state index contributed by atoms with van der Waals surface area (Å²) in [6.45, 7) is 1.44. The molecule has 1 saturated heterocycles. The third kappa shape index (κ3) is 4.27. The first-order valence-electron chi connectivity index (χ1n) is 8.27. The Bertz CT molecular complexity index is 1000. The van der Waals surface area contributed by atoms with Crippen LogP contribution in [0.5, 0.6) is 0 Å². The number of benzene rings is 1. The topological polar surface area (TPSA) is 148 Å².